The van der Waals surface area contributed by atoms with Gasteiger partial charge in [-0.1, -0.05) is 77.7 Å². The first kappa shape index (κ1) is 31.0. The first-order valence-corrected chi connectivity index (χ1v) is 16.1. The fourth-order valence-corrected chi connectivity index (χ4v) is 6.12. The summed E-state index contributed by atoms with van der Waals surface area (Å²) in [7, 11) is 2.25. The van der Waals surface area contributed by atoms with Crippen molar-refractivity contribution in [3.05, 3.63) is 11.8 Å². The Hall–Kier alpha value is -1.51. The SMILES string of the molecule is CCCCCCCCCC(OC(=O)C1CCOCC1)[N+]1(C)CCC=C(c2nsnc2OCCCCCC)C1. The van der Waals surface area contributed by atoms with E-state index in [1.165, 1.54) is 75.1 Å². The molecule has 0 radical (unpaired) electrons. The molecule has 1 aromatic heterocycles. The Morgan fingerprint density at radius 1 is 1.03 bits per heavy atom. The number of aromatic nitrogens is 2. The van der Waals surface area contributed by atoms with Gasteiger partial charge in [0.05, 0.1) is 37.8 Å². The van der Waals surface area contributed by atoms with Crippen molar-refractivity contribution in [3.63, 3.8) is 0 Å². The molecule has 2 aliphatic rings. The van der Waals surface area contributed by atoms with Gasteiger partial charge in [0, 0.05) is 31.6 Å². The van der Waals surface area contributed by atoms with Gasteiger partial charge in [-0.05, 0) is 25.7 Å². The molecule has 1 fully saturated rings. The minimum absolute atomic E-state index is 0.0388. The van der Waals surface area contributed by atoms with Crippen LogP contribution in [-0.4, -0.2) is 65.4 Å². The summed E-state index contributed by atoms with van der Waals surface area (Å²) < 4.78 is 27.7. The van der Waals surface area contributed by atoms with E-state index in [-0.39, 0.29) is 18.1 Å². The van der Waals surface area contributed by atoms with Crippen LogP contribution in [0.4, 0.5) is 0 Å². The third-order valence-corrected chi connectivity index (χ3v) is 8.63. The van der Waals surface area contributed by atoms with E-state index in [1.54, 1.807) is 0 Å². The predicted octanol–water partition coefficient (Wildman–Crippen LogP) is 7.17. The average molecular weight is 551 g/mol. The Balaban J connectivity index is 1.63. The summed E-state index contributed by atoms with van der Waals surface area (Å²) >= 11 is 1.22. The second kappa shape index (κ2) is 17.2. The number of nitrogens with zero attached hydrogens (tertiary/aromatic N) is 3. The van der Waals surface area contributed by atoms with Crippen molar-refractivity contribution in [3.8, 4) is 5.88 Å². The quantitative estimate of drug-likeness (QED) is 0.110. The van der Waals surface area contributed by atoms with Crippen molar-refractivity contribution < 1.29 is 23.5 Å². The summed E-state index contributed by atoms with van der Waals surface area (Å²) in [4.78, 5) is 13.2. The number of ether oxygens (including phenoxy) is 3. The molecule has 7 nitrogen and oxygen atoms in total. The zero-order chi connectivity index (χ0) is 27.1. The van der Waals surface area contributed by atoms with Gasteiger partial charge < -0.3 is 14.2 Å². The van der Waals surface area contributed by atoms with Gasteiger partial charge in [-0.2, -0.15) is 4.37 Å². The van der Waals surface area contributed by atoms with Crippen LogP contribution >= 0.6 is 11.7 Å². The summed E-state index contributed by atoms with van der Waals surface area (Å²) in [5.74, 6) is 0.583. The molecule has 2 unspecified atom stereocenters. The molecule has 1 aromatic rings. The molecule has 2 atom stereocenters. The van der Waals surface area contributed by atoms with Gasteiger partial charge in [0.1, 0.15) is 12.2 Å². The van der Waals surface area contributed by atoms with Gasteiger partial charge in [-0.15, -0.1) is 4.37 Å². The summed E-state index contributed by atoms with van der Waals surface area (Å²) in [6, 6.07) is 0. The summed E-state index contributed by atoms with van der Waals surface area (Å²) in [6.45, 7) is 8.19. The number of quaternary nitrogens is 1. The van der Waals surface area contributed by atoms with E-state index < -0.39 is 0 Å². The lowest BCUT2D eigenvalue weighted by Crippen LogP contribution is -2.57. The van der Waals surface area contributed by atoms with Gasteiger partial charge in [-0.3, -0.25) is 9.28 Å². The van der Waals surface area contributed by atoms with Crippen molar-refractivity contribution in [1.82, 2.24) is 8.75 Å². The third kappa shape index (κ3) is 9.91. The molecule has 8 heteroatoms. The monoisotopic (exact) mass is 550 g/mol. The average Bonchev–Trinajstić information content (AvgIpc) is 3.41. The van der Waals surface area contributed by atoms with E-state index in [2.05, 4.69) is 35.7 Å². The number of hydrogen-bond donors (Lipinski definition) is 0. The van der Waals surface area contributed by atoms with E-state index in [9.17, 15) is 4.79 Å². The van der Waals surface area contributed by atoms with Crippen molar-refractivity contribution in [2.24, 2.45) is 5.92 Å². The van der Waals surface area contributed by atoms with Gasteiger partial charge >= 0.3 is 5.97 Å². The number of unbranched alkanes of at least 4 members (excludes halogenated alkanes) is 9. The molecule has 0 saturated carbocycles. The number of likely N-dealkylation sites (N-methyl/N-ethyl adjacent to an activating group) is 1. The highest BCUT2D eigenvalue weighted by atomic mass is 32.1. The van der Waals surface area contributed by atoms with Crippen LogP contribution < -0.4 is 4.74 Å². The lowest BCUT2D eigenvalue weighted by Gasteiger charge is -2.43. The Labute approximate surface area is 235 Å². The van der Waals surface area contributed by atoms with E-state index >= 15 is 0 Å². The maximum absolute atomic E-state index is 13.2. The lowest BCUT2D eigenvalue weighted by molar-refractivity contribution is -0.947. The third-order valence-electron chi connectivity index (χ3n) is 8.12. The fourth-order valence-electron chi connectivity index (χ4n) is 5.59. The maximum atomic E-state index is 13.2. The minimum atomic E-state index is -0.144. The number of rotatable bonds is 18. The smallest absolute Gasteiger partial charge is 0.313 e. The van der Waals surface area contributed by atoms with Gasteiger partial charge in [0.2, 0.25) is 6.23 Å². The van der Waals surface area contributed by atoms with Gasteiger partial charge in [0.15, 0.2) is 0 Å². The molecule has 0 aromatic carbocycles. The fraction of sp³-hybridized carbons (Fsp3) is 0.833. The van der Waals surface area contributed by atoms with Crippen LogP contribution in [0.2, 0.25) is 0 Å². The normalized spacial score (nSPS) is 21.2. The maximum Gasteiger partial charge on any atom is 0.313 e. The Morgan fingerprint density at radius 2 is 1.71 bits per heavy atom. The van der Waals surface area contributed by atoms with Gasteiger partial charge in [-0.25, -0.2) is 0 Å². The zero-order valence-electron chi connectivity index (χ0n) is 24.3. The van der Waals surface area contributed by atoms with E-state index in [4.69, 9.17) is 14.2 Å². The molecule has 0 amide bonds. The highest BCUT2D eigenvalue weighted by Gasteiger charge is 2.40. The standard InChI is InChI=1S/C30H52N3O4S/c1-4-6-8-10-11-12-13-17-27(37-30(34)25-18-22-35-23-19-25)33(3)20-15-16-26(24-33)28-29(32-38-31-28)36-21-14-9-7-5-2/h16,25,27H,4-15,17-24H2,1-3H3/q+1. The van der Waals surface area contributed by atoms with Crippen LogP contribution in [0.3, 0.4) is 0 Å². The Bertz CT molecular complexity index is 839. The molecule has 1 saturated heterocycles. The summed E-state index contributed by atoms with van der Waals surface area (Å²) in [6.07, 6.45) is 19.0. The number of carbonyl (C=O) groups excluding carboxylic acids is 1. The highest BCUT2D eigenvalue weighted by molar-refractivity contribution is 6.99. The Kier molecular flexibility index (Phi) is 14.1. The summed E-state index contributed by atoms with van der Waals surface area (Å²) in [5, 5.41) is 0. The molecule has 3 rings (SSSR count). The number of esters is 1. The molecule has 0 N–H and O–H groups in total. The van der Waals surface area contributed by atoms with Crippen LogP contribution in [0.1, 0.15) is 116 Å². The number of hydrogen-bond acceptors (Lipinski definition) is 7. The molecule has 0 spiro atoms. The van der Waals surface area contributed by atoms with Crippen molar-refractivity contribution >= 4 is 23.3 Å². The topological polar surface area (TPSA) is 70.5 Å². The van der Waals surface area contributed by atoms with Crippen molar-refractivity contribution in [2.45, 2.75) is 116 Å². The lowest BCUT2D eigenvalue weighted by atomic mass is 10.00. The molecule has 3 heterocycles. The predicted molar refractivity (Wildman–Crippen MR) is 154 cm³/mol. The first-order chi connectivity index (χ1) is 18.6. The molecule has 0 bridgehead atoms. The molecule has 216 valence electrons. The minimum Gasteiger partial charge on any atom is -0.475 e. The molecule has 2 aliphatic heterocycles. The second-order valence-electron chi connectivity index (χ2n) is 11.4. The van der Waals surface area contributed by atoms with Crippen LogP contribution in [0, 0.1) is 5.92 Å². The van der Waals surface area contributed by atoms with Crippen molar-refractivity contribution in [1.29, 1.82) is 0 Å². The largest absolute Gasteiger partial charge is 0.475 e. The van der Waals surface area contributed by atoms with Crippen molar-refractivity contribution in [2.75, 3.05) is 40.0 Å². The van der Waals surface area contributed by atoms with E-state index in [0.717, 1.165) is 57.3 Å². The van der Waals surface area contributed by atoms with Gasteiger partial charge in [0.25, 0.3) is 5.88 Å². The van der Waals surface area contributed by atoms with Crippen LogP contribution in [0.5, 0.6) is 5.88 Å². The van der Waals surface area contributed by atoms with E-state index in [1.807, 2.05) is 0 Å². The second-order valence-corrected chi connectivity index (χ2v) is 11.9. The molecule has 0 aliphatic carbocycles. The van der Waals surface area contributed by atoms with E-state index in [0.29, 0.717) is 30.2 Å². The Morgan fingerprint density at radius 3 is 2.45 bits per heavy atom. The first-order valence-electron chi connectivity index (χ1n) is 15.3. The molecular formula is C30H52N3O4S+. The molecular weight excluding hydrogens is 498 g/mol. The zero-order valence-corrected chi connectivity index (χ0v) is 25.1. The van der Waals surface area contributed by atoms with Crippen LogP contribution in [0.15, 0.2) is 6.08 Å². The molecule has 38 heavy (non-hydrogen) atoms. The van der Waals surface area contributed by atoms with Crippen LogP contribution in [0.25, 0.3) is 5.57 Å². The number of carbonyl (C=O) groups is 1. The van der Waals surface area contributed by atoms with Crippen LogP contribution in [-0.2, 0) is 14.3 Å². The summed E-state index contributed by atoms with van der Waals surface area (Å²) in [5.41, 5.74) is 2.04. The highest BCUT2D eigenvalue weighted by Crippen LogP contribution is 2.33.